The Balaban J connectivity index is 0.00000288. The fraction of sp³-hybridized carbons (Fsp3) is 0.316. The second kappa shape index (κ2) is 9.21. The average Bonchev–Trinajstić information content (AvgIpc) is 2.55. The minimum absolute atomic E-state index is 0. The minimum atomic E-state index is -1.02. The maximum absolute atomic E-state index is 12.5. The number of hydrogen-bond donors (Lipinski definition) is 2. The predicted octanol–water partition coefficient (Wildman–Crippen LogP) is 4.18. The monoisotopic (exact) mass is 410 g/mol. The van der Waals surface area contributed by atoms with Crippen LogP contribution >= 0.6 is 28.3 Å². The summed E-state index contributed by atoms with van der Waals surface area (Å²) in [7, 11) is 0. The van der Waals surface area contributed by atoms with Crippen LogP contribution in [0.3, 0.4) is 0 Å². The summed E-state index contributed by atoms with van der Waals surface area (Å²) < 4.78 is 1.07. The fourth-order valence-corrected chi connectivity index (χ4v) is 2.66. The number of nitrogens with two attached hydrogens (primary N) is 1. The van der Waals surface area contributed by atoms with Gasteiger partial charge in [0, 0.05) is 10.5 Å². The molecular formula is C19H24BrClN2O. The quantitative estimate of drug-likeness (QED) is 0.749. The van der Waals surface area contributed by atoms with E-state index in [1.54, 1.807) is 6.92 Å². The third kappa shape index (κ3) is 5.62. The van der Waals surface area contributed by atoms with Crippen LogP contribution in [0.2, 0.25) is 0 Å². The standard InChI is InChI=1S/C19H23BrN2O.ClH/c1-14(8-9-15-10-12-17(20)13-11-15)22-18(23)19(2,21)16-6-4-3-5-7-16;/h3-7,10-14H,8-9,21H2,1-2H3,(H,22,23);1H. The number of rotatable bonds is 6. The van der Waals surface area contributed by atoms with E-state index in [0.717, 1.165) is 22.9 Å². The summed E-state index contributed by atoms with van der Waals surface area (Å²) in [6, 6.07) is 17.8. The van der Waals surface area contributed by atoms with E-state index >= 15 is 0 Å². The van der Waals surface area contributed by atoms with Gasteiger partial charge < -0.3 is 11.1 Å². The van der Waals surface area contributed by atoms with Crippen LogP contribution in [0.4, 0.5) is 0 Å². The molecule has 2 rings (SSSR count). The topological polar surface area (TPSA) is 55.1 Å². The Kier molecular flexibility index (Phi) is 7.94. The van der Waals surface area contributed by atoms with Crippen LogP contribution in [-0.2, 0) is 16.8 Å². The third-order valence-electron chi connectivity index (χ3n) is 4.00. The molecule has 0 aromatic heterocycles. The maximum atomic E-state index is 12.5. The van der Waals surface area contributed by atoms with E-state index < -0.39 is 5.54 Å². The highest BCUT2D eigenvalue weighted by Gasteiger charge is 2.30. The molecule has 0 spiro atoms. The van der Waals surface area contributed by atoms with Gasteiger partial charge in [0.05, 0.1) is 0 Å². The molecule has 0 aliphatic rings. The Hall–Kier alpha value is -1.36. The van der Waals surface area contributed by atoms with Gasteiger partial charge in [0.25, 0.3) is 0 Å². The molecule has 2 unspecified atom stereocenters. The van der Waals surface area contributed by atoms with Crippen LogP contribution in [-0.4, -0.2) is 11.9 Å². The van der Waals surface area contributed by atoms with Gasteiger partial charge >= 0.3 is 0 Å². The number of hydrogen-bond acceptors (Lipinski definition) is 2. The van der Waals surface area contributed by atoms with Gasteiger partial charge in [0.1, 0.15) is 5.54 Å². The molecule has 24 heavy (non-hydrogen) atoms. The number of halogens is 2. The van der Waals surface area contributed by atoms with Crippen molar-refractivity contribution in [1.29, 1.82) is 0 Å². The SMILES string of the molecule is CC(CCc1ccc(Br)cc1)NC(=O)C(C)(N)c1ccccc1.Cl. The molecule has 5 heteroatoms. The zero-order valence-electron chi connectivity index (χ0n) is 14.0. The Morgan fingerprint density at radius 2 is 1.75 bits per heavy atom. The summed E-state index contributed by atoms with van der Waals surface area (Å²) in [4.78, 5) is 12.5. The number of nitrogens with one attached hydrogen (secondary N) is 1. The van der Waals surface area contributed by atoms with E-state index in [1.165, 1.54) is 5.56 Å². The van der Waals surface area contributed by atoms with Crippen molar-refractivity contribution < 1.29 is 4.79 Å². The number of amides is 1. The lowest BCUT2D eigenvalue weighted by molar-refractivity contribution is -0.126. The molecule has 0 saturated carbocycles. The first-order valence-corrected chi connectivity index (χ1v) is 8.58. The number of aryl methyl sites for hydroxylation is 1. The van der Waals surface area contributed by atoms with Gasteiger partial charge in [-0.15, -0.1) is 12.4 Å². The summed E-state index contributed by atoms with van der Waals surface area (Å²) >= 11 is 3.43. The van der Waals surface area contributed by atoms with Crippen molar-refractivity contribution in [1.82, 2.24) is 5.32 Å². The van der Waals surface area contributed by atoms with E-state index in [0.29, 0.717) is 0 Å². The van der Waals surface area contributed by atoms with Gasteiger partial charge in [-0.2, -0.15) is 0 Å². The molecule has 3 nitrogen and oxygen atoms in total. The Morgan fingerprint density at radius 3 is 2.33 bits per heavy atom. The molecule has 3 N–H and O–H groups in total. The van der Waals surface area contributed by atoms with Gasteiger partial charge in [-0.1, -0.05) is 58.4 Å². The molecule has 0 bridgehead atoms. The second-order valence-electron chi connectivity index (χ2n) is 6.11. The summed E-state index contributed by atoms with van der Waals surface area (Å²) in [6.45, 7) is 3.76. The highest BCUT2D eigenvalue weighted by atomic mass is 79.9. The van der Waals surface area contributed by atoms with E-state index in [4.69, 9.17) is 5.73 Å². The molecule has 1 amide bonds. The van der Waals surface area contributed by atoms with Crippen molar-refractivity contribution in [3.8, 4) is 0 Å². The van der Waals surface area contributed by atoms with Gasteiger partial charge in [-0.3, -0.25) is 4.79 Å². The largest absolute Gasteiger partial charge is 0.352 e. The lowest BCUT2D eigenvalue weighted by Crippen LogP contribution is -2.51. The molecule has 2 atom stereocenters. The average molecular weight is 412 g/mol. The highest BCUT2D eigenvalue weighted by molar-refractivity contribution is 9.10. The van der Waals surface area contributed by atoms with Crippen LogP contribution in [0.1, 0.15) is 31.4 Å². The predicted molar refractivity (Wildman–Crippen MR) is 105 cm³/mol. The molecule has 2 aromatic rings. The van der Waals surface area contributed by atoms with E-state index in [2.05, 4.69) is 33.4 Å². The lowest BCUT2D eigenvalue weighted by atomic mass is 9.92. The molecule has 0 saturated heterocycles. The zero-order chi connectivity index (χ0) is 16.9. The maximum Gasteiger partial charge on any atom is 0.244 e. The molecule has 2 aromatic carbocycles. The molecule has 0 radical (unpaired) electrons. The highest BCUT2D eigenvalue weighted by Crippen LogP contribution is 2.18. The number of carbonyl (C=O) groups is 1. The number of carbonyl (C=O) groups excluding carboxylic acids is 1. The first-order chi connectivity index (χ1) is 10.9. The van der Waals surface area contributed by atoms with Gasteiger partial charge in [-0.05, 0) is 49.9 Å². The third-order valence-corrected chi connectivity index (χ3v) is 4.53. The second-order valence-corrected chi connectivity index (χ2v) is 7.02. The van der Waals surface area contributed by atoms with Gasteiger partial charge in [-0.25, -0.2) is 0 Å². The first-order valence-electron chi connectivity index (χ1n) is 7.79. The zero-order valence-corrected chi connectivity index (χ0v) is 16.4. The number of benzene rings is 2. The van der Waals surface area contributed by atoms with Crippen molar-refractivity contribution in [2.24, 2.45) is 5.73 Å². The van der Waals surface area contributed by atoms with Crippen molar-refractivity contribution in [2.75, 3.05) is 0 Å². The summed E-state index contributed by atoms with van der Waals surface area (Å²) in [5.74, 6) is -0.146. The van der Waals surface area contributed by atoms with Crippen LogP contribution < -0.4 is 11.1 Å². The molecule has 0 aliphatic carbocycles. The minimum Gasteiger partial charge on any atom is -0.352 e. The Labute approximate surface area is 158 Å². The van der Waals surface area contributed by atoms with Crippen LogP contribution in [0.15, 0.2) is 59.1 Å². The van der Waals surface area contributed by atoms with Crippen molar-refractivity contribution in [3.05, 3.63) is 70.2 Å². The molecular weight excluding hydrogens is 388 g/mol. The Bertz CT molecular complexity index is 644. The van der Waals surface area contributed by atoms with Gasteiger partial charge in [0.15, 0.2) is 0 Å². The summed E-state index contributed by atoms with van der Waals surface area (Å²) in [5.41, 5.74) is 7.29. The van der Waals surface area contributed by atoms with E-state index in [-0.39, 0.29) is 24.4 Å². The summed E-state index contributed by atoms with van der Waals surface area (Å²) in [6.07, 6.45) is 1.79. The lowest BCUT2D eigenvalue weighted by Gasteiger charge is -2.26. The van der Waals surface area contributed by atoms with Crippen LogP contribution in [0.25, 0.3) is 0 Å². The van der Waals surface area contributed by atoms with Crippen molar-refractivity contribution in [2.45, 2.75) is 38.3 Å². The normalized spacial score (nSPS) is 14.2. The molecule has 130 valence electrons. The van der Waals surface area contributed by atoms with Crippen molar-refractivity contribution in [3.63, 3.8) is 0 Å². The van der Waals surface area contributed by atoms with E-state index in [1.807, 2.05) is 49.4 Å². The molecule has 0 heterocycles. The molecule has 0 aliphatic heterocycles. The van der Waals surface area contributed by atoms with Gasteiger partial charge in [0.2, 0.25) is 5.91 Å². The van der Waals surface area contributed by atoms with Crippen molar-refractivity contribution >= 4 is 34.2 Å². The Morgan fingerprint density at radius 1 is 1.17 bits per heavy atom. The fourth-order valence-electron chi connectivity index (χ4n) is 2.40. The summed E-state index contributed by atoms with van der Waals surface area (Å²) in [5, 5.41) is 3.03. The van der Waals surface area contributed by atoms with Crippen LogP contribution in [0.5, 0.6) is 0 Å². The molecule has 0 fully saturated rings. The first kappa shape index (κ1) is 20.7. The smallest absolute Gasteiger partial charge is 0.244 e. The van der Waals surface area contributed by atoms with Crippen LogP contribution in [0, 0.1) is 0 Å². The van der Waals surface area contributed by atoms with E-state index in [9.17, 15) is 4.79 Å².